The van der Waals surface area contributed by atoms with Crippen LogP contribution < -0.4 is 10.6 Å². The Morgan fingerprint density at radius 3 is 2.68 bits per heavy atom. The maximum Gasteiger partial charge on any atom is 0.190 e. The van der Waals surface area contributed by atoms with Gasteiger partial charge in [0.2, 0.25) is 0 Å². The Hall–Kier alpha value is -2.82. The smallest absolute Gasteiger partial charge is 0.190 e. The van der Waals surface area contributed by atoms with Gasteiger partial charge in [0.1, 0.15) is 0 Å². The first kappa shape index (κ1) is 17.0. The van der Waals surface area contributed by atoms with Gasteiger partial charge in [-0.05, 0) is 36.6 Å². The van der Waals surface area contributed by atoms with Gasteiger partial charge in [-0.25, -0.2) is 0 Å². The van der Waals surface area contributed by atoms with Crippen molar-refractivity contribution in [1.29, 1.82) is 0 Å². The SMILES string of the molecule is CN=C(NCCc1ccccn1)NCCc1c[nH]c2c(C)cccc12. The summed E-state index contributed by atoms with van der Waals surface area (Å²) < 4.78 is 0. The average Bonchev–Trinajstić information content (AvgIpc) is 3.06. The fraction of sp³-hybridized carbons (Fsp3) is 0.300. The van der Waals surface area contributed by atoms with Crippen LogP contribution in [0.15, 0.2) is 53.8 Å². The highest BCUT2D eigenvalue weighted by Crippen LogP contribution is 2.21. The molecule has 3 rings (SSSR count). The van der Waals surface area contributed by atoms with E-state index in [0.29, 0.717) is 0 Å². The molecule has 0 atom stereocenters. The number of hydrogen-bond donors (Lipinski definition) is 3. The number of nitrogens with one attached hydrogen (secondary N) is 3. The first-order valence-electron chi connectivity index (χ1n) is 8.68. The summed E-state index contributed by atoms with van der Waals surface area (Å²) in [5.41, 5.74) is 4.92. The second-order valence-electron chi connectivity index (χ2n) is 6.06. The summed E-state index contributed by atoms with van der Waals surface area (Å²) in [6.45, 7) is 3.78. The zero-order valence-corrected chi connectivity index (χ0v) is 14.8. The minimum absolute atomic E-state index is 0.808. The van der Waals surface area contributed by atoms with Gasteiger partial charge in [0.25, 0.3) is 0 Å². The summed E-state index contributed by atoms with van der Waals surface area (Å²) in [6.07, 6.45) is 5.76. The largest absolute Gasteiger partial charge is 0.361 e. The molecule has 0 spiro atoms. The molecule has 3 aromatic rings. The number of benzene rings is 1. The van der Waals surface area contributed by atoms with Crippen molar-refractivity contribution in [2.75, 3.05) is 20.1 Å². The number of hydrogen-bond acceptors (Lipinski definition) is 2. The fourth-order valence-corrected chi connectivity index (χ4v) is 2.96. The van der Waals surface area contributed by atoms with E-state index in [4.69, 9.17) is 0 Å². The number of aryl methyl sites for hydroxylation is 1. The number of nitrogens with zero attached hydrogens (tertiary/aromatic N) is 2. The molecule has 2 heterocycles. The molecule has 5 nitrogen and oxygen atoms in total. The second kappa shape index (κ2) is 8.33. The molecular formula is C20H25N5. The number of fused-ring (bicyclic) bond motifs is 1. The Morgan fingerprint density at radius 2 is 1.92 bits per heavy atom. The zero-order valence-electron chi connectivity index (χ0n) is 14.8. The molecule has 0 amide bonds. The van der Waals surface area contributed by atoms with Gasteiger partial charge in [-0.2, -0.15) is 0 Å². The first-order valence-corrected chi connectivity index (χ1v) is 8.68. The van der Waals surface area contributed by atoms with Gasteiger partial charge in [0.15, 0.2) is 5.96 Å². The van der Waals surface area contributed by atoms with Gasteiger partial charge in [-0.1, -0.05) is 24.3 Å². The Bertz CT molecular complexity index is 836. The van der Waals surface area contributed by atoms with Crippen molar-refractivity contribution in [1.82, 2.24) is 20.6 Å². The normalized spacial score (nSPS) is 11.7. The Morgan fingerprint density at radius 1 is 1.08 bits per heavy atom. The molecule has 0 saturated carbocycles. The highest BCUT2D eigenvalue weighted by Gasteiger charge is 2.05. The molecule has 0 unspecified atom stereocenters. The summed E-state index contributed by atoms with van der Waals surface area (Å²) in [4.78, 5) is 12.0. The number of pyridine rings is 1. The van der Waals surface area contributed by atoms with E-state index >= 15 is 0 Å². The average molecular weight is 335 g/mol. The summed E-state index contributed by atoms with van der Waals surface area (Å²) in [7, 11) is 1.80. The van der Waals surface area contributed by atoms with Crippen molar-refractivity contribution < 1.29 is 0 Å². The van der Waals surface area contributed by atoms with Crippen LogP contribution in [0.4, 0.5) is 0 Å². The standard InChI is InChI=1S/C20H25N5/c1-15-6-5-8-18-16(14-25-19(15)18)9-12-23-20(21-2)24-13-10-17-7-3-4-11-22-17/h3-8,11,14,25H,9-10,12-13H2,1-2H3,(H2,21,23,24). The van der Waals surface area contributed by atoms with E-state index in [9.17, 15) is 0 Å². The van der Waals surface area contributed by atoms with Crippen LogP contribution in [0.25, 0.3) is 10.9 Å². The lowest BCUT2D eigenvalue weighted by Crippen LogP contribution is -2.39. The molecule has 25 heavy (non-hydrogen) atoms. The number of guanidine groups is 1. The third-order valence-corrected chi connectivity index (χ3v) is 4.32. The van der Waals surface area contributed by atoms with Gasteiger partial charge in [0.05, 0.1) is 0 Å². The predicted octanol–water partition coefficient (Wildman–Crippen LogP) is 2.82. The number of H-pyrrole nitrogens is 1. The van der Waals surface area contributed by atoms with Crippen LogP contribution in [-0.4, -0.2) is 36.1 Å². The lowest BCUT2D eigenvalue weighted by molar-refractivity contribution is 0.777. The lowest BCUT2D eigenvalue weighted by atomic mass is 10.1. The van der Waals surface area contributed by atoms with E-state index in [2.05, 4.69) is 56.9 Å². The second-order valence-corrected chi connectivity index (χ2v) is 6.06. The maximum atomic E-state index is 4.33. The van der Waals surface area contributed by atoms with Gasteiger partial charge in [-0.3, -0.25) is 9.98 Å². The maximum absolute atomic E-state index is 4.33. The molecule has 0 saturated heterocycles. The van der Waals surface area contributed by atoms with Gasteiger partial charge < -0.3 is 15.6 Å². The summed E-state index contributed by atoms with van der Waals surface area (Å²) in [5, 5.41) is 8.02. The minimum Gasteiger partial charge on any atom is -0.361 e. The Kier molecular flexibility index (Phi) is 5.67. The van der Waals surface area contributed by atoms with Crippen LogP contribution in [0.5, 0.6) is 0 Å². The summed E-state index contributed by atoms with van der Waals surface area (Å²) in [6, 6.07) is 12.4. The van der Waals surface area contributed by atoms with Crippen LogP contribution >= 0.6 is 0 Å². The van der Waals surface area contributed by atoms with Crippen LogP contribution in [0.2, 0.25) is 0 Å². The molecule has 3 N–H and O–H groups in total. The monoisotopic (exact) mass is 335 g/mol. The van der Waals surface area contributed by atoms with Crippen LogP contribution in [0.3, 0.4) is 0 Å². The fourth-order valence-electron chi connectivity index (χ4n) is 2.96. The predicted molar refractivity (Wildman–Crippen MR) is 104 cm³/mol. The highest BCUT2D eigenvalue weighted by atomic mass is 15.2. The van der Waals surface area contributed by atoms with Crippen molar-refractivity contribution >= 4 is 16.9 Å². The molecular weight excluding hydrogens is 310 g/mol. The zero-order chi connectivity index (χ0) is 17.5. The van der Waals surface area contributed by atoms with Gasteiger partial charge in [-0.15, -0.1) is 0 Å². The molecule has 2 aromatic heterocycles. The highest BCUT2D eigenvalue weighted by molar-refractivity contribution is 5.86. The van der Waals surface area contributed by atoms with E-state index in [-0.39, 0.29) is 0 Å². The van der Waals surface area contributed by atoms with E-state index in [0.717, 1.165) is 37.6 Å². The van der Waals surface area contributed by atoms with Gasteiger partial charge >= 0.3 is 0 Å². The van der Waals surface area contributed by atoms with Gasteiger partial charge in [0, 0.05) is 55.5 Å². The molecule has 5 heteroatoms. The van der Waals surface area contributed by atoms with Crippen LogP contribution in [0.1, 0.15) is 16.8 Å². The van der Waals surface area contributed by atoms with Crippen molar-refractivity contribution in [2.24, 2.45) is 4.99 Å². The molecule has 130 valence electrons. The topological polar surface area (TPSA) is 65.1 Å². The van der Waals surface area contributed by atoms with Crippen molar-refractivity contribution in [3.63, 3.8) is 0 Å². The van der Waals surface area contributed by atoms with E-state index < -0.39 is 0 Å². The summed E-state index contributed by atoms with van der Waals surface area (Å²) >= 11 is 0. The number of aromatic amines is 1. The van der Waals surface area contributed by atoms with Crippen LogP contribution in [0, 0.1) is 6.92 Å². The molecule has 1 aromatic carbocycles. The molecule has 0 fully saturated rings. The third-order valence-electron chi connectivity index (χ3n) is 4.32. The molecule has 0 radical (unpaired) electrons. The number of aromatic nitrogens is 2. The Balaban J connectivity index is 1.47. The van der Waals surface area contributed by atoms with E-state index in [1.807, 2.05) is 24.4 Å². The minimum atomic E-state index is 0.808. The quantitative estimate of drug-likeness (QED) is 0.479. The van der Waals surface area contributed by atoms with Crippen molar-refractivity contribution in [3.05, 3.63) is 65.6 Å². The lowest BCUT2D eigenvalue weighted by Gasteiger charge is -2.11. The number of para-hydroxylation sites is 1. The Labute approximate surface area is 148 Å². The summed E-state index contributed by atoms with van der Waals surface area (Å²) in [5.74, 6) is 0.826. The van der Waals surface area contributed by atoms with Crippen LogP contribution in [-0.2, 0) is 12.8 Å². The van der Waals surface area contributed by atoms with Crippen molar-refractivity contribution in [2.45, 2.75) is 19.8 Å². The third kappa shape index (κ3) is 4.38. The van der Waals surface area contributed by atoms with E-state index in [1.165, 1.54) is 22.0 Å². The van der Waals surface area contributed by atoms with Crippen molar-refractivity contribution in [3.8, 4) is 0 Å². The number of rotatable bonds is 6. The van der Waals surface area contributed by atoms with E-state index in [1.54, 1.807) is 7.05 Å². The molecule has 0 aliphatic heterocycles. The molecule has 0 aliphatic rings. The first-order chi connectivity index (χ1) is 12.3. The molecule has 0 aliphatic carbocycles. The number of aliphatic imine (C=N–C) groups is 1. The molecule has 0 bridgehead atoms.